The van der Waals surface area contributed by atoms with E-state index < -0.39 is 0 Å². The number of aliphatic hydroxyl groups excluding tert-OH is 1. The molecule has 0 radical (unpaired) electrons. The average Bonchev–Trinajstić information content (AvgIpc) is 2.17. The number of aromatic nitrogens is 1. The lowest BCUT2D eigenvalue weighted by atomic mass is 10.1. The first-order valence-electron chi connectivity index (χ1n) is 5.08. The van der Waals surface area contributed by atoms with Gasteiger partial charge in [0.15, 0.2) is 0 Å². The predicted octanol–water partition coefficient (Wildman–Crippen LogP) is 1.33. The predicted molar refractivity (Wildman–Crippen MR) is 56.7 cm³/mol. The molecule has 0 fully saturated rings. The van der Waals surface area contributed by atoms with Crippen molar-refractivity contribution < 1.29 is 9.50 Å². The smallest absolute Gasteiger partial charge is 0.141 e. The van der Waals surface area contributed by atoms with Crippen LogP contribution in [0, 0.1) is 11.7 Å². The van der Waals surface area contributed by atoms with Crippen molar-refractivity contribution in [1.29, 1.82) is 0 Å². The molecular formula is C11H17FN2O. The maximum absolute atomic E-state index is 12.7. The van der Waals surface area contributed by atoms with Crippen LogP contribution in [0.15, 0.2) is 18.5 Å². The van der Waals surface area contributed by atoms with Crippen LogP contribution >= 0.6 is 0 Å². The number of hydrogen-bond acceptors (Lipinski definition) is 3. The largest absolute Gasteiger partial charge is 0.392 e. The van der Waals surface area contributed by atoms with Gasteiger partial charge >= 0.3 is 0 Å². The van der Waals surface area contributed by atoms with Gasteiger partial charge in [-0.25, -0.2) is 4.39 Å². The van der Waals surface area contributed by atoms with E-state index >= 15 is 0 Å². The second-order valence-electron chi connectivity index (χ2n) is 3.95. The topological polar surface area (TPSA) is 45.1 Å². The zero-order valence-corrected chi connectivity index (χ0v) is 9.07. The van der Waals surface area contributed by atoms with Gasteiger partial charge in [0.05, 0.1) is 12.3 Å². The van der Waals surface area contributed by atoms with Crippen LogP contribution in [0.4, 0.5) is 4.39 Å². The van der Waals surface area contributed by atoms with E-state index in [1.807, 2.05) is 13.8 Å². The standard InChI is InChI=1S/C11H17FN2O/c1-8(2)11(15)7-14-5-9-3-10(12)6-13-4-9/h3-4,6,8,11,14-15H,5,7H2,1-2H3. The Morgan fingerprint density at radius 2 is 2.20 bits per heavy atom. The fourth-order valence-corrected chi connectivity index (χ4v) is 1.15. The SMILES string of the molecule is CC(C)C(O)CNCc1cncc(F)c1. The molecule has 1 heterocycles. The van der Waals surface area contributed by atoms with Crippen LogP contribution in [0.2, 0.25) is 0 Å². The number of pyridine rings is 1. The van der Waals surface area contributed by atoms with Gasteiger partial charge in [0.1, 0.15) is 5.82 Å². The van der Waals surface area contributed by atoms with Gasteiger partial charge in [0.2, 0.25) is 0 Å². The Balaban J connectivity index is 2.32. The van der Waals surface area contributed by atoms with Gasteiger partial charge in [0.25, 0.3) is 0 Å². The van der Waals surface area contributed by atoms with Crippen LogP contribution < -0.4 is 5.32 Å². The second-order valence-corrected chi connectivity index (χ2v) is 3.95. The first kappa shape index (κ1) is 12.1. The Hall–Kier alpha value is -1.00. The minimum Gasteiger partial charge on any atom is -0.392 e. The number of halogens is 1. The van der Waals surface area contributed by atoms with E-state index in [4.69, 9.17) is 0 Å². The Kier molecular flexibility index (Phi) is 4.65. The highest BCUT2D eigenvalue weighted by Crippen LogP contribution is 2.02. The monoisotopic (exact) mass is 212 g/mol. The lowest BCUT2D eigenvalue weighted by Crippen LogP contribution is -2.30. The van der Waals surface area contributed by atoms with E-state index in [1.165, 1.54) is 12.3 Å². The van der Waals surface area contributed by atoms with Gasteiger partial charge in [-0.2, -0.15) is 0 Å². The molecule has 0 saturated heterocycles. The summed E-state index contributed by atoms with van der Waals surface area (Å²) in [6.45, 7) is 4.94. The number of nitrogens with one attached hydrogen (secondary N) is 1. The molecule has 15 heavy (non-hydrogen) atoms. The van der Waals surface area contributed by atoms with Crippen molar-refractivity contribution in [3.05, 3.63) is 29.8 Å². The Morgan fingerprint density at radius 3 is 2.80 bits per heavy atom. The molecule has 0 amide bonds. The summed E-state index contributed by atoms with van der Waals surface area (Å²) in [5, 5.41) is 12.6. The third-order valence-corrected chi connectivity index (χ3v) is 2.21. The number of rotatable bonds is 5. The van der Waals surface area contributed by atoms with E-state index in [0.29, 0.717) is 13.1 Å². The normalized spacial score (nSPS) is 13.1. The van der Waals surface area contributed by atoms with Crippen molar-refractivity contribution >= 4 is 0 Å². The van der Waals surface area contributed by atoms with E-state index in [9.17, 15) is 9.50 Å². The van der Waals surface area contributed by atoms with Crippen molar-refractivity contribution in [3.8, 4) is 0 Å². The van der Waals surface area contributed by atoms with Gasteiger partial charge in [-0.05, 0) is 17.5 Å². The zero-order chi connectivity index (χ0) is 11.3. The summed E-state index contributed by atoms with van der Waals surface area (Å²) >= 11 is 0. The minimum atomic E-state index is -0.369. The van der Waals surface area contributed by atoms with Crippen LogP contribution in [0.1, 0.15) is 19.4 Å². The average molecular weight is 212 g/mol. The molecule has 1 unspecified atom stereocenters. The summed E-state index contributed by atoms with van der Waals surface area (Å²) in [6, 6.07) is 1.43. The summed E-state index contributed by atoms with van der Waals surface area (Å²) in [5.41, 5.74) is 0.783. The minimum absolute atomic E-state index is 0.225. The summed E-state index contributed by atoms with van der Waals surface area (Å²) in [5.74, 6) is -0.109. The van der Waals surface area contributed by atoms with Crippen LogP contribution in [0.5, 0.6) is 0 Å². The third kappa shape index (κ3) is 4.36. The van der Waals surface area contributed by atoms with E-state index in [1.54, 1.807) is 6.20 Å². The van der Waals surface area contributed by atoms with Crippen LogP contribution in [0.25, 0.3) is 0 Å². The first-order chi connectivity index (χ1) is 7.09. The highest BCUT2D eigenvalue weighted by molar-refractivity contribution is 5.09. The molecule has 1 rings (SSSR count). The molecule has 1 aromatic heterocycles. The fraction of sp³-hybridized carbons (Fsp3) is 0.545. The Morgan fingerprint density at radius 1 is 1.47 bits per heavy atom. The Labute approximate surface area is 89.4 Å². The highest BCUT2D eigenvalue weighted by Gasteiger charge is 2.07. The molecule has 0 aliphatic rings. The zero-order valence-electron chi connectivity index (χ0n) is 9.07. The van der Waals surface area contributed by atoms with E-state index in [0.717, 1.165) is 5.56 Å². The molecular weight excluding hydrogens is 195 g/mol. The van der Waals surface area contributed by atoms with Crippen LogP contribution in [-0.2, 0) is 6.54 Å². The molecule has 4 heteroatoms. The van der Waals surface area contributed by atoms with Crippen LogP contribution in [-0.4, -0.2) is 22.7 Å². The maximum Gasteiger partial charge on any atom is 0.141 e. The molecule has 1 atom stereocenters. The molecule has 0 aromatic carbocycles. The molecule has 0 spiro atoms. The van der Waals surface area contributed by atoms with Gasteiger partial charge in [0, 0.05) is 19.3 Å². The molecule has 1 aromatic rings. The van der Waals surface area contributed by atoms with E-state index in [2.05, 4.69) is 10.3 Å². The van der Waals surface area contributed by atoms with Gasteiger partial charge < -0.3 is 10.4 Å². The summed E-state index contributed by atoms with van der Waals surface area (Å²) in [4.78, 5) is 3.74. The maximum atomic E-state index is 12.7. The molecule has 0 saturated carbocycles. The number of nitrogens with zero attached hydrogens (tertiary/aromatic N) is 1. The van der Waals surface area contributed by atoms with Gasteiger partial charge in [-0.1, -0.05) is 13.8 Å². The van der Waals surface area contributed by atoms with Crippen molar-refractivity contribution in [1.82, 2.24) is 10.3 Å². The lowest BCUT2D eigenvalue weighted by Gasteiger charge is -2.14. The van der Waals surface area contributed by atoms with Crippen LogP contribution in [0.3, 0.4) is 0 Å². The fourth-order valence-electron chi connectivity index (χ4n) is 1.15. The molecule has 84 valence electrons. The lowest BCUT2D eigenvalue weighted by molar-refractivity contribution is 0.123. The van der Waals surface area contributed by atoms with Crippen molar-refractivity contribution in [2.75, 3.05) is 6.54 Å². The molecule has 2 N–H and O–H groups in total. The quantitative estimate of drug-likeness (QED) is 0.774. The van der Waals surface area contributed by atoms with Crippen molar-refractivity contribution in [3.63, 3.8) is 0 Å². The molecule has 0 aliphatic heterocycles. The Bertz CT molecular complexity index is 304. The summed E-state index contributed by atoms with van der Waals surface area (Å²) in [6.07, 6.45) is 2.41. The second kappa shape index (κ2) is 5.78. The molecule has 0 aliphatic carbocycles. The highest BCUT2D eigenvalue weighted by atomic mass is 19.1. The van der Waals surface area contributed by atoms with Gasteiger partial charge in [-0.3, -0.25) is 4.98 Å². The molecule has 3 nitrogen and oxygen atoms in total. The van der Waals surface area contributed by atoms with Crippen molar-refractivity contribution in [2.45, 2.75) is 26.5 Å². The van der Waals surface area contributed by atoms with E-state index in [-0.39, 0.29) is 17.8 Å². The summed E-state index contributed by atoms with van der Waals surface area (Å²) in [7, 11) is 0. The third-order valence-electron chi connectivity index (χ3n) is 2.21. The number of hydrogen-bond donors (Lipinski definition) is 2. The number of aliphatic hydroxyl groups is 1. The molecule has 0 bridgehead atoms. The van der Waals surface area contributed by atoms with Crippen molar-refractivity contribution in [2.24, 2.45) is 5.92 Å². The summed E-state index contributed by atoms with van der Waals surface area (Å²) < 4.78 is 12.7. The van der Waals surface area contributed by atoms with Gasteiger partial charge in [-0.15, -0.1) is 0 Å². The first-order valence-corrected chi connectivity index (χ1v) is 5.08.